The van der Waals surface area contributed by atoms with Crippen LogP contribution in [0.3, 0.4) is 0 Å². The van der Waals surface area contributed by atoms with E-state index in [4.69, 9.17) is 5.73 Å². The van der Waals surface area contributed by atoms with E-state index in [9.17, 15) is 9.59 Å². The smallest absolute Gasteiger partial charge is 0.248 e. The van der Waals surface area contributed by atoms with E-state index in [1.54, 1.807) is 18.2 Å². The molecule has 6 heteroatoms. The number of amides is 2. The van der Waals surface area contributed by atoms with E-state index in [0.717, 1.165) is 16.8 Å². The maximum absolute atomic E-state index is 12.5. The molecule has 0 aliphatic carbocycles. The number of anilines is 1. The molecule has 2 atom stereocenters. The Bertz CT molecular complexity index is 863. The fraction of sp³-hybridized carbons (Fsp3) is 0.158. The fourth-order valence-electron chi connectivity index (χ4n) is 3.43. The highest BCUT2D eigenvalue weighted by Gasteiger charge is 2.43. The molecular weight excluding hydrogens is 316 g/mol. The van der Waals surface area contributed by atoms with Crippen LogP contribution in [0.15, 0.2) is 60.8 Å². The van der Waals surface area contributed by atoms with E-state index in [1.165, 1.54) is 0 Å². The van der Waals surface area contributed by atoms with Crippen LogP contribution < -0.4 is 21.3 Å². The van der Waals surface area contributed by atoms with E-state index in [0.29, 0.717) is 12.2 Å². The molecule has 1 fully saturated rings. The minimum absolute atomic E-state index is 0.00703. The molecule has 0 aromatic heterocycles. The zero-order valence-corrected chi connectivity index (χ0v) is 13.5. The SMILES string of the molecule is NC(=O)c1cccc(N2C=C(c3ccccc3)C3C(=O)NCNC32)c1. The van der Waals surface area contributed by atoms with Crippen LogP contribution in [0.5, 0.6) is 0 Å². The minimum Gasteiger partial charge on any atom is -0.366 e. The van der Waals surface area contributed by atoms with Crippen molar-refractivity contribution < 1.29 is 9.59 Å². The van der Waals surface area contributed by atoms with Gasteiger partial charge in [-0.05, 0) is 29.3 Å². The van der Waals surface area contributed by atoms with Crippen LogP contribution in [0.25, 0.3) is 5.57 Å². The van der Waals surface area contributed by atoms with Crippen molar-refractivity contribution >= 4 is 23.1 Å². The van der Waals surface area contributed by atoms with Crippen molar-refractivity contribution in [3.63, 3.8) is 0 Å². The van der Waals surface area contributed by atoms with Gasteiger partial charge in [-0.3, -0.25) is 14.9 Å². The number of carbonyl (C=O) groups is 2. The zero-order valence-electron chi connectivity index (χ0n) is 13.5. The van der Waals surface area contributed by atoms with Gasteiger partial charge in [0.1, 0.15) is 6.17 Å². The van der Waals surface area contributed by atoms with Gasteiger partial charge in [0, 0.05) is 17.5 Å². The van der Waals surface area contributed by atoms with Crippen LogP contribution in [0, 0.1) is 5.92 Å². The Kier molecular flexibility index (Phi) is 3.74. The zero-order chi connectivity index (χ0) is 17.4. The molecular formula is C19H18N4O2. The molecule has 2 unspecified atom stereocenters. The first-order chi connectivity index (χ1) is 12.1. The Morgan fingerprint density at radius 2 is 1.92 bits per heavy atom. The van der Waals surface area contributed by atoms with E-state index >= 15 is 0 Å². The summed E-state index contributed by atoms with van der Waals surface area (Å²) >= 11 is 0. The van der Waals surface area contributed by atoms with Crippen molar-refractivity contribution in [2.45, 2.75) is 6.17 Å². The van der Waals surface area contributed by atoms with Gasteiger partial charge in [-0.1, -0.05) is 36.4 Å². The molecule has 0 radical (unpaired) electrons. The number of carbonyl (C=O) groups excluding carboxylic acids is 2. The van der Waals surface area contributed by atoms with Crippen LogP contribution in [-0.4, -0.2) is 24.6 Å². The number of rotatable bonds is 3. The Labute approximate surface area is 145 Å². The Morgan fingerprint density at radius 1 is 1.12 bits per heavy atom. The summed E-state index contributed by atoms with van der Waals surface area (Å²) in [5.74, 6) is -0.806. The van der Waals surface area contributed by atoms with Gasteiger partial charge in [0.15, 0.2) is 0 Å². The highest BCUT2D eigenvalue weighted by Crippen LogP contribution is 2.38. The standard InChI is InChI=1S/C19H18N4O2/c20-17(24)13-7-4-8-14(9-13)23-10-15(12-5-2-1-3-6-12)16-18(23)21-11-22-19(16)25/h1-10,16,18,21H,11H2,(H2,20,24)(H,22,25). The van der Waals surface area contributed by atoms with Crippen molar-refractivity contribution in [3.8, 4) is 0 Å². The van der Waals surface area contributed by atoms with Crippen molar-refractivity contribution in [2.75, 3.05) is 11.6 Å². The van der Waals surface area contributed by atoms with E-state index in [-0.39, 0.29) is 18.0 Å². The maximum Gasteiger partial charge on any atom is 0.248 e. The molecule has 2 heterocycles. The lowest BCUT2D eigenvalue weighted by Gasteiger charge is -2.34. The predicted octanol–water partition coefficient (Wildman–Crippen LogP) is 1.27. The first-order valence-corrected chi connectivity index (χ1v) is 8.11. The van der Waals surface area contributed by atoms with Crippen LogP contribution in [-0.2, 0) is 4.79 Å². The quantitative estimate of drug-likeness (QED) is 0.789. The fourth-order valence-corrected chi connectivity index (χ4v) is 3.43. The lowest BCUT2D eigenvalue weighted by molar-refractivity contribution is -0.125. The van der Waals surface area contributed by atoms with E-state index < -0.39 is 5.91 Å². The van der Waals surface area contributed by atoms with Crippen LogP contribution in [0.2, 0.25) is 0 Å². The Balaban J connectivity index is 1.79. The number of benzene rings is 2. The van der Waals surface area contributed by atoms with Crippen LogP contribution in [0.4, 0.5) is 5.69 Å². The van der Waals surface area contributed by atoms with E-state index in [1.807, 2.05) is 47.5 Å². The molecule has 2 amide bonds. The van der Waals surface area contributed by atoms with Crippen molar-refractivity contribution in [1.29, 1.82) is 0 Å². The summed E-state index contributed by atoms with van der Waals surface area (Å²) in [6, 6.07) is 17.0. The summed E-state index contributed by atoms with van der Waals surface area (Å²) in [4.78, 5) is 26.0. The van der Waals surface area contributed by atoms with Gasteiger partial charge in [-0.15, -0.1) is 0 Å². The topological polar surface area (TPSA) is 87.5 Å². The number of hydrogen-bond acceptors (Lipinski definition) is 4. The molecule has 0 saturated carbocycles. The summed E-state index contributed by atoms with van der Waals surface area (Å²) in [6.45, 7) is 0.405. The molecule has 2 aliphatic heterocycles. The first kappa shape index (κ1) is 15.4. The third-order valence-electron chi connectivity index (χ3n) is 4.62. The molecule has 1 saturated heterocycles. The third-order valence-corrected chi connectivity index (χ3v) is 4.62. The second-order valence-corrected chi connectivity index (χ2v) is 6.12. The van der Waals surface area contributed by atoms with Crippen LogP contribution >= 0.6 is 0 Å². The predicted molar refractivity (Wildman–Crippen MR) is 95.3 cm³/mol. The average Bonchev–Trinajstić information content (AvgIpc) is 3.04. The third kappa shape index (κ3) is 2.66. The van der Waals surface area contributed by atoms with Gasteiger partial charge < -0.3 is 16.0 Å². The van der Waals surface area contributed by atoms with Gasteiger partial charge in [-0.25, -0.2) is 0 Å². The molecule has 4 N–H and O–H groups in total. The summed E-state index contributed by atoms with van der Waals surface area (Å²) in [7, 11) is 0. The molecule has 0 bridgehead atoms. The van der Waals surface area contributed by atoms with Crippen molar-refractivity contribution in [1.82, 2.24) is 10.6 Å². The largest absolute Gasteiger partial charge is 0.366 e. The van der Waals surface area contributed by atoms with Gasteiger partial charge in [0.05, 0.1) is 12.6 Å². The number of nitrogens with zero attached hydrogens (tertiary/aromatic N) is 1. The maximum atomic E-state index is 12.5. The van der Waals surface area contributed by atoms with Crippen molar-refractivity contribution in [2.24, 2.45) is 11.7 Å². The normalized spacial score (nSPS) is 22.2. The summed E-state index contributed by atoms with van der Waals surface area (Å²) in [5.41, 5.74) is 8.61. The first-order valence-electron chi connectivity index (χ1n) is 8.11. The van der Waals surface area contributed by atoms with Crippen LogP contribution in [0.1, 0.15) is 15.9 Å². The lowest BCUT2D eigenvalue weighted by atomic mass is 9.91. The van der Waals surface area contributed by atoms with E-state index in [2.05, 4.69) is 10.6 Å². The molecule has 2 aromatic carbocycles. The number of fused-ring (bicyclic) bond motifs is 1. The lowest BCUT2D eigenvalue weighted by Crippen LogP contribution is -2.58. The van der Waals surface area contributed by atoms with Gasteiger partial charge in [0.25, 0.3) is 0 Å². The van der Waals surface area contributed by atoms with Gasteiger partial charge >= 0.3 is 0 Å². The summed E-state index contributed by atoms with van der Waals surface area (Å²) in [6.07, 6.45) is 1.77. The number of nitrogens with two attached hydrogens (primary N) is 1. The Morgan fingerprint density at radius 3 is 2.68 bits per heavy atom. The summed E-state index contributed by atoms with van der Waals surface area (Å²) in [5, 5.41) is 6.20. The average molecular weight is 334 g/mol. The molecule has 2 aromatic rings. The highest BCUT2D eigenvalue weighted by atomic mass is 16.2. The minimum atomic E-state index is -0.473. The number of primary amides is 1. The second kappa shape index (κ2) is 6.07. The number of hydrogen-bond donors (Lipinski definition) is 3. The number of nitrogens with one attached hydrogen (secondary N) is 2. The highest BCUT2D eigenvalue weighted by molar-refractivity contribution is 5.97. The van der Waals surface area contributed by atoms with Gasteiger partial charge in [0.2, 0.25) is 11.8 Å². The molecule has 2 aliphatic rings. The molecule has 0 spiro atoms. The molecule has 6 nitrogen and oxygen atoms in total. The summed E-state index contributed by atoms with van der Waals surface area (Å²) < 4.78 is 0. The second-order valence-electron chi connectivity index (χ2n) is 6.12. The Hall–Kier alpha value is -3.12. The van der Waals surface area contributed by atoms with Crippen molar-refractivity contribution in [3.05, 3.63) is 71.9 Å². The van der Waals surface area contributed by atoms with Gasteiger partial charge in [-0.2, -0.15) is 0 Å². The monoisotopic (exact) mass is 334 g/mol. The molecule has 4 rings (SSSR count). The molecule has 126 valence electrons. The molecule has 25 heavy (non-hydrogen) atoms.